The number of hydrogen-bond donors (Lipinski definition) is 1. The first-order chi connectivity index (χ1) is 9.33. The summed E-state index contributed by atoms with van der Waals surface area (Å²) >= 11 is 0. The van der Waals surface area contributed by atoms with Crippen molar-refractivity contribution < 1.29 is 4.79 Å². The second kappa shape index (κ2) is 5.87. The van der Waals surface area contributed by atoms with Crippen LogP contribution in [0.1, 0.15) is 55.6 Å². The molecule has 102 valence electrons. The van der Waals surface area contributed by atoms with Gasteiger partial charge in [0.25, 0.3) is 0 Å². The predicted octanol–water partition coefficient (Wildman–Crippen LogP) is 3.21. The van der Waals surface area contributed by atoms with Crippen LogP contribution < -0.4 is 5.32 Å². The Bertz CT molecular complexity index is 450. The molecule has 3 rings (SSSR count). The fourth-order valence-corrected chi connectivity index (χ4v) is 3.15. The van der Waals surface area contributed by atoms with Gasteiger partial charge < -0.3 is 5.32 Å². The van der Waals surface area contributed by atoms with Gasteiger partial charge >= 0.3 is 0 Å². The van der Waals surface area contributed by atoms with Gasteiger partial charge in [0.05, 0.1) is 0 Å². The predicted molar refractivity (Wildman–Crippen MR) is 77.4 cm³/mol. The zero-order valence-electron chi connectivity index (χ0n) is 11.5. The molecular formula is C17H23NO. The van der Waals surface area contributed by atoms with Gasteiger partial charge in [-0.2, -0.15) is 0 Å². The van der Waals surface area contributed by atoms with Crippen LogP contribution >= 0.6 is 0 Å². The first kappa shape index (κ1) is 12.9. The normalized spacial score (nSPS) is 22.0. The quantitative estimate of drug-likeness (QED) is 0.848. The van der Waals surface area contributed by atoms with Gasteiger partial charge in [-0.3, -0.25) is 4.79 Å². The van der Waals surface area contributed by atoms with Gasteiger partial charge in [0, 0.05) is 25.4 Å². The fraction of sp³-hybridized carbons (Fsp3) is 0.588. The molecule has 0 heterocycles. The second-order valence-corrected chi connectivity index (χ2v) is 6.01. The highest BCUT2D eigenvalue weighted by atomic mass is 16.1. The molecule has 0 amide bonds. The summed E-state index contributed by atoms with van der Waals surface area (Å²) in [6.45, 7) is 0.873. The zero-order valence-corrected chi connectivity index (χ0v) is 11.5. The summed E-state index contributed by atoms with van der Waals surface area (Å²) in [5.41, 5.74) is 2.89. The summed E-state index contributed by atoms with van der Waals surface area (Å²) < 4.78 is 0. The summed E-state index contributed by atoms with van der Waals surface area (Å²) in [7, 11) is 0. The number of ketones is 1. The SMILES string of the molecule is O=C(CCNC1CC1)CC1CCCc2ccccc21. The lowest BCUT2D eigenvalue weighted by Crippen LogP contribution is -2.21. The Hall–Kier alpha value is -1.15. The van der Waals surface area contributed by atoms with Crippen molar-refractivity contribution in [1.29, 1.82) is 0 Å². The van der Waals surface area contributed by atoms with Crippen LogP contribution in [0.25, 0.3) is 0 Å². The van der Waals surface area contributed by atoms with Crippen LogP contribution in [0.15, 0.2) is 24.3 Å². The summed E-state index contributed by atoms with van der Waals surface area (Å²) in [6.07, 6.45) is 7.63. The van der Waals surface area contributed by atoms with Crippen molar-refractivity contribution in [3.8, 4) is 0 Å². The Morgan fingerprint density at radius 2 is 2.05 bits per heavy atom. The van der Waals surface area contributed by atoms with E-state index in [9.17, 15) is 4.79 Å². The molecule has 1 aromatic rings. The van der Waals surface area contributed by atoms with Crippen molar-refractivity contribution in [3.05, 3.63) is 35.4 Å². The van der Waals surface area contributed by atoms with Gasteiger partial charge in [-0.1, -0.05) is 24.3 Å². The first-order valence-electron chi connectivity index (χ1n) is 7.66. The Morgan fingerprint density at radius 3 is 2.89 bits per heavy atom. The van der Waals surface area contributed by atoms with E-state index >= 15 is 0 Å². The molecule has 2 aliphatic rings. The molecule has 19 heavy (non-hydrogen) atoms. The summed E-state index contributed by atoms with van der Waals surface area (Å²) in [4.78, 5) is 12.1. The van der Waals surface area contributed by atoms with Crippen molar-refractivity contribution in [3.63, 3.8) is 0 Å². The number of hydrogen-bond acceptors (Lipinski definition) is 2. The number of nitrogens with one attached hydrogen (secondary N) is 1. The summed E-state index contributed by atoms with van der Waals surface area (Å²) in [6, 6.07) is 9.37. The van der Waals surface area contributed by atoms with E-state index in [0.29, 0.717) is 24.2 Å². The molecule has 2 heteroatoms. The minimum Gasteiger partial charge on any atom is -0.314 e. The Labute approximate surface area is 115 Å². The standard InChI is InChI=1S/C17H23NO/c19-16(10-11-18-15-8-9-15)12-14-6-3-5-13-4-1-2-7-17(13)14/h1-2,4,7,14-15,18H,3,5-6,8-12H2. The number of carbonyl (C=O) groups is 1. The van der Waals surface area contributed by atoms with E-state index in [-0.39, 0.29) is 0 Å². The number of Topliss-reactive ketones (excluding diaryl/α,β-unsaturated/α-hetero) is 1. The highest BCUT2D eigenvalue weighted by Crippen LogP contribution is 2.34. The van der Waals surface area contributed by atoms with Crippen molar-refractivity contribution in [2.75, 3.05) is 6.54 Å². The molecule has 0 aliphatic heterocycles. The number of fused-ring (bicyclic) bond motifs is 1. The van der Waals surface area contributed by atoms with Crippen LogP contribution in [0.3, 0.4) is 0 Å². The van der Waals surface area contributed by atoms with Crippen LogP contribution in [-0.4, -0.2) is 18.4 Å². The minimum absolute atomic E-state index is 0.426. The highest BCUT2D eigenvalue weighted by molar-refractivity contribution is 5.79. The van der Waals surface area contributed by atoms with Crippen molar-refractivity contribution >= 4 is 5.78 Å². The number of rotatable bonds is 6. The first-order valence-corrected chi connectivity index (χ1v) is 7.66. The molecule has 0 radical (unpaired) electrons. The molecular weight excluding hydrogens is 234 g/mol. The van der Waals surface area contributed by atoms with E-state index in [1.54, 1.807) is 0 Å². The maximum Gasteiger partial charge on any atom is 0.134 e. The third-order valence-electron chi connectivity index (χ3n) is 4.38. The second-order valence-electron chi connectivity index (χ2n) is 6.01. The molecule has 1 aromatic carbocycles. The maximum absolute atomic E-state index is 12.1. The van der Waals surface area contributed by atoms with Crippen molar-refractivity contribution in [2.24, 2.45) is 0 Å². The average molecular weight is 257 g/mol. The molecule has 1 unspecified atom stereocenters. The van der Waals surface area contributed by atoms with Crippen molar-refractivity contribution in [1.82, 2.24) is 5.32 Å². The number of carbonyl (C=O) groups excluding carboxylic acids is 1. The Morgan fingerprint density at radius 1 is 1.21 bits per heavy atom. The molecule has 0 bridgehead atoms. The van der Waals surface area contributed by atoms with E-state index in [1.807, 2.05) is 0 Å². The van der Waals surface area contributed by atoms with E-state index < -0.39 is 0 Å². The largest absolute Gasteiger partial charge is 0.314 e. The smallest absolute Gasteiger partial charge is 0.134 e. The topological polar surface area (TPSA) is 29.1 Å². The lowest BCUT2D eigenvalue weighted by Gasteiger charge is -2.25. The summed E-state index contributed by atoms with van der Waals surface area (Å²) in [5, 5.41) is 3.42. The summed E-state index contributed by atoms with van der Waals surface area (Å²) in [5.74, 6) is 0.897. The van der Waals surface area contributed by atoms with Gasteiger partial charge in [-0.15, -0.1) is 0 Å². The van der Waals surface area contributed by atoms with Crippen LogP contribution in [-0.2, 0) is 11.2 Å². The van der Waals surface area contributed by atoms with Gasteiger partial charge in [0.15, 0.2) is 0 Å². The maximum atomic E-state index is 12.1. The molecule has 1 N–H and O–H groups in total. The lowest BCUT2D eigenvalue weighted by molar-refractivity contribution is -0.119. The third kappa shape index (κ3) is 3.44. The molecule has 1 atom stereocenters. The van der Waals surface area contributed by atoms with Gasteiger partial charge in [0.1, 0.15) is 5.78 Å². The highest BCUT2D eigenvalue weighted by Gasteiger charge is 2.23. The zero-order chi connectivity index (χ0) is 13.1. The van der Waals surface area contributed by atoms with Crippen LogP contribution in [0.2, 0.25) is 0 Å². The van der Waals surface area contributed by atoms with E-state index in [0.717, 1.165) is 13.0 Å². The monoisotopic (exact) mass is 257 g/mol. The van der Waals surface area contributed by atoms with Crippen LogP contribution in [0.4, 0.5) is 0 Å². The van der Waals surface area contributed by atoms with Crippen LogP contribution in [0, 0.1) is 0 Å². The molecule has 1 fully saturated rings. The van der Waals surface area contributed by atoms with E-state index in [4.69, 9.17) is 0 Å². The van der Waals surface area contributed by atoms with Crippen molar-refractivity contribution in [2.45, 2.75) is 56.9 Å². The van der Waals surface area contributed by atoms with Gasteiger partial charge in [-0.25, -0.2) is 0 Å². The minimum atomic E-state index is 0.426. The Kier molecular flexibility index (Phi) is 3.97. The van der Waals surface area contributed by atoms with Gasteiger partial charge in [0.2, 0.25) is 0 Å². The van der Waals surface area contributed by atoms with E-state index in [1.165, 1.54) is 43.2 Å². The van der Waals surface area contributed by atoms with Crippen LogP contribution in [0.5, 0.6) is 0 Å². The molecule has 2 aliphatic carbocycles. The molecule has 1 saturated carbocycles. The average Bonchev–Trinajstić information content (AvgIpc) is 3.23. The molecule has 2 nitrogen and oxygen atoms in total. The van der Waals surface area contributed by atoms with E-state index in [2.05, 4.69) is 29.6 Å². The fourth-order valence-electron chi connectivity index (χ4n) is 3.15. The third-order valence-corrected chi connectivity index (χ3v) is 4.38. The molecule has 0 spiro atoms. The number of aryl methyl sites for hydroxylation is 1. The molecule has 0 saturated heterocycles. The van der Waals surface area contributed by atoms with Gasteiger partial charge in [-0.05, 0) is 49.1 Å². The lowest BCUT2D eigenvalue weighted by atomic mass is 9.80. The number of benzene rings is 1. The molecule has 0 aromatic heterocycles. The Balaban J connectivity index is 1.53.